The van der Waals surface area contributed by atoms with Gasteiger partial charge in [-0.15, -0.1) is 0 Å². The molecule has 142 valence electrons. The molecule has 1 fully saturated rings. The van der Waals surface area contributed by atoms with Crippen LogP contribution in [0.15, 0.2) is 10.6 Å². The van der Waals surface area contributed by atoms with Crippen LogP contribution >= 0.6 is 0 Å². The summed E-state index contributed by atoms with van der Waals surface area (Å²) in [6.07, 6.45) is 0. The molecule has 8 nitrogen and oxygen atoms in total. The second-order valence-corrected chi connectivity index (χ2v) is 7.08. The maximum Gasteiger partial charge on any atom is 0.241 e. The first-order valence-corrected chi connectivity index (χ1v) is 9.05. The SMILES string of the molecule is Cc1cc(CN2CCN(C(C)C(=O)Nc3c(C)nn(C)c3C)CC2)on1. The van der Waals surface area contributed by atoms with Crippen molar-refractivity contribution in [3.05, 3.63) is 28.9 Å². The lowest BCUT2D eigenvalue weighted by Gasteiger charge is -2.37. The number of hydrogen-bond donors (Lipinski definition) is 1. The molecule has 3 heterocycles. The summed E-state index contributed by atoms with van der Waals surface area (Å²) in [5.74, 6) is 0.910. The highest BCUT2D eigenvalue weighted by Crippen LogP contribution is 2.19. The minimum absolute atomic E-state index is 0.0171. The van der Waals surface area contributed by atoms with E-state index in [4.69, 9.17) is 4.52 Å². The Labute approximate surface area is 154 Å². The normalized spacial score (nSPS) is 17.4. The van der Waals surface area contributed by atoms with Crippen LogP contribution in [0.25, 0.3) is 0 Å². The minimum Gasteiger partial charge on any atom is -0.360 e. The molecule has 8 heteroatoms. The summed E-state index contributed by atoms with van der Waals surface area (Å²) in [7, 11) is 1.89. The number of aryl methyl sites for hydroxylation is 3. The van der Waals surface area contributed by atoms with Gasteiger partial charge in [-0.3, -0.25) is 19.3 Å². The van der Waals surface area contributed by atoms with Crippen molar-refractivity contribution in [1.29, 1.82) is 0 Å². The highest BCUT2D eigenvalue weighted by atomic mass is 16.5. The summed E-state index contributed by atoms with van der Waals surface area (Å²) < 4.78 is 7.08. The number of rotatable bonds is 5. The Morgan fingerprint density at radius 2 is 1.96 bits per heavy atom. The molecule has 1 N–H and O–H groups in total. The van der Waals surface area contributed by atoms with E-state index in [0.717, 1.165) is 61.3 Å². The van der Waals surface area contributed by atoms with Gasteiger partial charge in [-0.25, -0.2) is 0 Å². The predicted octanol–water partition coefficient (Wildman–Crippen LogP) is 1.48. The van der Waals surface area contributed by atoms with Gasteiger partial charge in [0.05, 0.1) is 35.4 Å². The number of nitrogens with one attached hydrogen (secondary N) is 1. The van der Waals surface area contributed by atoms with Crippen molar-refractivity contribution in [1.82, 2.24) is 24.7 Å². The maximum absolute atomic E-state index is 12.7. The molecule has 2 aromatic rings. The lowest BCUT2D eigenvalue weighted by Crippen LogP contribution is -2.52. The van der Waals surface area contributed by atoms with Crippen LogP contribution in [-0.4, -0.2) is 62.9 Å². The van der Waals surface area contributed by atoms with Gasteiger partial charge in [0.25, 0.3) is 0 Å². The molecule has 0 spiro atoms. The summed E-state index contributed by atoms with van der Waals surface area (Å²) in [6, 6.07) is 1.80. The quantitative estimate of drug-likeness (QED) is 0.870. The molecular formula is C18H28N6O2. The average molecular weight is 360 g/mol. The van der Waals surface area contributed by atoms with E-state index in [1.807, 2.05) is 40.8 Å². The van der Waals surface area contributed by atoms with Gasteiger partial charge in [0, 0.05) is 39.3 Å². The van der Waals surface area contributed by atoms with Crippen LogP contribution < -0.4 is 5.32 Å². The Morgan fingerprint density at radius 1 is 1.27 bits per heavy atom. The van der Waals surface area contributed by atoms with Gasteiger partial charge in [-0.2, -0.15) is 5.10 Å². The van der Waals surface area contributed by atoms with Gasteiger partial charge in [-0.05, 0) is 27.7 Å². The van der Waals surface area contributed by atoms with Gasteiger partial charge in [-0.1, -0.05) is 5.16 Å². The van der Waals surface area contributed by atoms with Crippen LogP contribution in [0.1, 0.15) is 29.8 Å². The largest absolute Gasteiger partial charge is 0.360 e. The molecule has 3 rings (SSSR count). The van der Waals surface area contributed by atoms with Gasteiger partial charge in [0.15, 0.2) is 5.76 Å². The van der Waals surface area contributed by atoms with Crippen LogP contribution in [-0.2, 0) is 18.4 Å². The maximum atomic E-state index is 12.7. The van der Waals surface area contributed by atoms with Crippen molar-refractivity contribution in [3.63, 3.8) is 0 Å². The highest BCUT2D eigenvalue weighted by Gasteiger charge is 2.27. The molecule has 26 heavy (non-hydrogen) atoms. The number of piperazine rings is 1. The predicted molar refractivity (Wildman–Crippen MR) is 98.9 cm³/mol. The fraction of sp³-hybridized carbons (Fsp3) is 0.611. The summed E-state index contributed by atoms with van der Waals surface area (Å²) >= 11 is 0. The number of anilines is 1. The smallest absolute Gasteiger partial charge is 0.241 e. The lowest BCUT2D eigenvalue weighted by molar-refractivity contribution is -0.121. The molecule has 1 aliphatic heterocycles. The number of amides is 1. The monoisotopic (exact) mass is 360 g/mol. The zero-order chi connectivity index (χ0) is 18.8. The standard InChI is InChI=1S/C18H28N6O2/c1-12-10-16(26-21-12)11-23-6-8-24(9-7-23)15(4)18(25)19-17-13(2)20-22(5)14(17)3/h10,15H,6-9,11H2,1-5H3,(H,19,25). The van der Waals surface area contributed by atoms with Crippen LogP contribution in [0.2, 0.25) is 0 Å². The summed E-state index contributed by atoms with van der Waals surface area (Å²) in [4.78, 5) is 17.2. The van der Waals surface area contributed by atoms with Crippen LogP contribution in [0.4, 0.5) is 5.69 Å². The van der Waals surface area contributed by atoms with E-state index in [1.54, 1.807) is 4.68 Å². The highest BCUT2D eigenvalue weighted by molar-refractivity contribution is 5.95. The van der Waals surface area contributed by atoms with Crippen LogP contribution in [0.3, 0.4) is 0 Å². The summed E-state index contributed by atoms with van der Waals surface area (Å²) in [5, 5.41) is 11.3. The first-order valence-electron chi connectivity index (χ1n) is 9.05. The fourth-order valence-corrected chi connectivity index (χ4v) is 3.37. The molecule has 0 aliphatic carbocycles. The van der Waals surface area contributed by atoms with E-state index < -0.39 is 0 Å². The summed E-state index contributed by atoms with van der Waals surface area (Å²) in [6.45, 7) is 12.1. The zero-order valence-electron chi connectivity index (χ0n) is 16.2. The molecule has 0 aromatic carbocycles. The Bertz CT molecular complexity index is 773. The van der Waals surface area contributed by atoms with E-state index >= 15 is 0 Å². The van der Waals surface area contributed by atoms with Crippen molar-refractivity contribution >= 4 is 11.6 Å². The molecule has 1 amide bonds. The number of aromatic nitrogens is 3. The number of carbonyl (C=O) groups excluding carboxylic acids is 1. The van der Waals surface area contributed by atoms with Crippen molar-refractivity contribution in [3.8, 4) is 0 Å². The van der Waals surface area contributed by atoms with E-state index in [0.29, 0.717) is 0 Å². The molecule has 1 unspecified atom stereocenters. The van der Waals surface area contributed by atoms with Crippen LogP contribution in [0.5, 0.6) is 0 Å². The van der Waals surface area contributed by atoms with E-state index in [9.17, 15) is 4.79 Å². The van der Waals surface area contributed by atoms with Crippen molar-refractivity contribution in [2.24, 2.45) is 7.05 Å². The molecule has 2 aromatic heterocycles. The Hall–Kier alpha value is -2.19. The molecule has 0 saturated carbocycles. The van der Waals surface area contributed by atoms with Crippen molar-refractivity contribution in [2.45, 2.75) is 40.3 Å². The Morgan fingerprint density at radius 3 is 2.50 bits per heavy atom. The molecular weight excluding hydrogens is 332 g/mol. The average Bonchev–Trinajstić information content (AvgIpc) is 3.12. The fourth-order valence-electron chi connectivity index (χ4n) is 3.37. The Balaban J connectivity index is 1.52. The first-order chi connectivity index (χ1) is 12.3. The number of nitrogens with zero attached hydrogens (tertiary/aromatic N) is 5. The topological polar surface area (TPSA) is 79.4 Å². The molecule has 1 saturated heterocycles. The second-order valence-electron chi connectivity index (χ2n) is 7.08. The van der Waals surface area contributed by atoms with Gasteiger partial charge in [0.2, 0.25) is 5.91 Å². The summed E-state index contributed by atoms with van der Waals surface area (Å²) in [5.41, 5.74) is 3.54. The first kappa shape index (κ1) is 18.6. The molecule has 1 atom stereocenters. The molecule has 0 bridgehead atoms. The third-order valence-electron chi connectivity index (χ3n) is 5.15. The van der Waals surface area contributed by atoms with Gasteiger partial charge in [0.1, 0.15) is 0 Å². The lowest BCUT2D eigenvalue weighted by atomic mass is 10.2. The third kappa shape index (κ3) is 3.96. The van der Waals surface area contributed by atoms with E-state index in [-0.39, 0.29) is 11.9 Å². The van der Waals surface area contributed by atoms with Gasteiger partial charge >= 0.3 is 0 Å². The zero-order valence-corrected chi connectivity index (χ0v) is 16.2. The third-order valence-corrected chi connectivity index (χ3v) is 5.15. The Kier molecular flexibility index (Phi) is 5.43. The van der Waals surface area contributed by atoms with Gasteiger partial charge < -0.3 is 9.84 Å². The minimum atomic E-state index is -0.177. The van der Waals surface area contributed by atoms with E-state index in [1.165, 1.54) is 0 Å². The van der Waals surface area contributed by atoms with Crippen molar-refractivity contribution in [2.75, 3.05) is 31.5 Å². The second kappa shape index (κ2) is 7.59. The molecule has 0 radical (unpaired) electrons. The van der Waals surface area contributed by atoms with Crippen molar-refractivity contribution < 1.29 is 9.32 Å². The molecule has 1 aliphatic rings. The number of hydrogen-bond acceptors (Lipinski definition) is 6. The number of carbonyl (C=O) groups is 1. The van der Waals surface area contributed by atoms with E-state index in [2.05, 4.69) is 25.4 Å². The van der Waals surface area contributed by atoms with Crippen LogP contribution in [0, 0.1) is 20.8 Å².